The topological polar surface area (TPSA) is 27.1 Å². The van der Waals surface area contributed by atoms with E-state index < -0.39 is 11.6 Å². The molecule has 1 aromatic heterocycles. The van der Waals surface area contributed by atoms with Gasteiger partial charge in [0.05, 0.1) is 12.0 Å². The Labute approximate surface area is 149 Å². The fourth-order valence-electron chi connectivity index (χ4n) is 3.32. The Morgan fingerprint density at radius 2 is 1.96 bits per heavy atom. The molecule has 2 aromatic rings. The number of rotatable bonds is 5. The highest BCUT2D eigenvalue weighted by Gasteiger charge is 2.56. The second kappa shape index (κ2) is 6.90. The van der Waals surface area contributed by atoms with Gasteiger partial charge in [0, 0.05) is 22.5 Å². The quantitative estimate of drug-likeness (QED) is 0.703. The highest BCUT2D eigenvalue weighted by atomic mass is 35.5. The van der Waals surface area contributed by atoms with Crippen LogP contribution in [0.25, 0.3) is 0 Å². The molecule has 136 valence electrons. The third kappa shape index (κ3) is 3.78. The van der Waals surface area contributed by atoms with Crippen LogP contribution in [0.1, 0.15) is 36.9 Å². The van der Waals surface area contributed by atoms with Gasteiger partial charge in [-0.05, 0) is 44.0 Å². The number of ether oxygens (including phenoxy) is 1. The first-order valence-corrected chi connectivity index (χ1v) is 8.65. The van der Waals surface area contributed by atoms with Crippen LogP contribution < -0.4 is 4.74 Å². The van der Waals surface area contributed by atoms with Crippen molar-refractivity contribution in [2.24, 2.45) is 5.41 Å². The Balaban J connectivity index is 1.81. The van der Waals surface area contributed by atoms with E-state index in [2.05, 4.69) is 5.10 Å². The van der Waals surface area contributed by atoms with Crippen molar-refractivity contribution in [2.75, 3.05) is 6.61 Å². The molecule has 1 saturated carbocycles. The molecular formula is C18H20ClF3N2O. The summed E-state index contributed by atoms with van der Waals surface area (Å²) in [5.41, 5.74) is -0.0750. The zero-order valence-electron chi connectivity index (χ0n) is 13.9. The maximum Gasteiger partial charge on any atom is 0.397 e. The van der Waals surface area contributed by atoms with Crippen LogP contribution in [0, 0.1) is 12.3 Å². The van der Waals surface area contributed by atoms with E-state index in [-0.39, 0.29) is 19.4 Å². The highest BCUT2D eigenvalue weighted by Crippen LogP contribution is 2.50. The SMILES string of the molecule is Cc1ccnn1Cc1cc(Cl)ccc1OCC1(C(F)(F)F)CCCC1. The lowest BCUT2D eigenvalue weighted by molar-refractivity contribution is -0.230. The summed E-state index contributed by atoms with van der Waals surface area (Å²) in [5, 5.41) is 4.72. The van der Waals surface area contributed by atoms with Gasteiger partial charge in [-0.15, -0.1) is 0 Å². The molecule has 0 unspecified atom stereocenters. The predicted molar refractivity (Wildman–Crippen MR) is 90.0 cm³/mol. The molecule has 1 fully saturated rings. The normalized spacial score (nSPS) is 17.0. The van der Waals surface area contributed by atoms with Crippen molar-refractivity contribution in [1.82, 2.24) is 9.78 Å². The zero-order chi connectivity index (χ0) is 18.1. The third-order valence-electron chi connectivity index (χ3n) is 4.94. The molecule has 0 N–H and O–H groups in total. The number of hydrogen-bond acceptors (Lipinski definition) is 2. The molecule has 25 heavy (non-hydrogen) atoms. The van der Waals surface area contributed by atoms with Crippen LogP contribution in [-0.2, 0) is 6.54 Å². The van der Waals surface area contributed by atoms with Crippen molar-refractivity contribution < 1.29 is 17.9 Å². The fourth-order valence-corrected chi connectivity index (χ4v) is 3.51. The number of alkyl halides is 3. The van der Waals surface area contributed by atoms with E-state index in [0.717, 1.165) is 11.3 Å². The Morgan fingerprint density at radius 1 is 1.24 bits per heavy atom. The van der Waals surface area contributed by atoms with Gasteiger partial charge in [0.15, 0.2) is 0 Å². The number of benzene rings is 1. The molecule has 1 heterocycles. The summed E-state index contributed by atoms with van der Waals surface area (Å²) < 4.78 is 48.0. The van der Waals surface area contributed by atoms with Crippen LogP contribution >= 0.6 is 11.6 Å². The monoisotopic (exact) mass is 372 g/mol. The first-order chi connectivity index (χ1) is 11.8. The van der Waals surface area contributed by atoms with Gasteiger partial charge >= 0.3 is 6.18 Å². The molecule has 1 aliphatic rings. The lowest BCUT2D eigenvalue weighted by Gasteiger charge is -2.31. The van der Waals surface area contributed by atoms with Gasteiger partial charge in [0.25, 0.3) is 0 Å². The van der Waals surface area contributed by atoms with Crippen LogP contribution in [-0.4, -0.2) is 22.6 Å². The molecule has 3 rings (SSSR count). The van der Waals surface area contributed by atoms with Crippen molar-refractivity contribution in [3.63, 3.8) is 0 Å². The van der Waals surface area contributed by atoms with Gasteiger partial charge in [-0.25, -0.2) is 0 Å². The summed E-state index contributed by atoms with van der Waals surface area (Å²) in [4.78, 5) is 0. The van der Waals surface area contributed by atoms with E-state index in [0.29, 0.717) is 30.2 Å². The van der Waals surface area contributed by atoms with Crippen molar-refractivity contribution in [1.29, 1.82) is 0 Å². The van der Waals surface area contributed by atoms with E-state index in [9.17, 15) is 13.2 Å². The number of halogens is 4. The number of aryl methyl sites for hydroxylation is 1. The van der Waals surface area contributed by atoms with Gasteiger partial charge in [-0.3, -0.25) is 4.68 Å². The average Bonchev–Trinajstić information content (AvgIpc) is 3.17. The fraction of sp³-hybridized carbons (Fsp3) is 0.500. The first kappa shape index (κ1) is 18.1. The second-order valence-corrected chi connectivity index (χ2v) is 7.09. The molecule has 1 aromatic carbocycles. The molecule has 0 saturated heterocycles. The van der Waals surface area contributed by atoms with E-state index in [1.807, 2.05) is 13.0 Å². The van der Waals surface area contributed by atoms with E-state index in [4.69, 9.17) is 16.3 Å². The molecule has 0 amide bonds. The first-order valence-electron chi connectivity index (χ1n) is 8.27. The maximum atomic E-state index is 13.5. The minimum atomic E-state index is -4.26. The molecule has 0 spiro atoms. The van der Waals surface area contributed by atoms with Gasteiger partial charge in [0.2, 0.25) is 0 Å². The standard InChI is InChI=1S/C18H20ClF3N2O/c1-13-6-9-23-24(13)11-14-10-15(19)4-5-16(14)25-12-17(18(20,21)22)7-2-3-8-17/h4-6,9-10H,2-3,7-8,11-12H2,1H3. The van der Waals surface area contributed by atoms with Gasteiger partial charge in [0.1, 0.15) is 12.4 Å². The van der Waals surface area contributed by atoms with Crippen molar-refractivity contribution in [3.8, 4) is 5.75 Å². The third-order valence-corrected chi connectivity index (χ3v) is 5.17. The summed E-state index contributed by atoms with van der Waals surface area (Å²) >= 11 is 6.06. The Hall–Kier alpha value is -1.69. The zero-order valence-corrected chi connectivity index (χ0v) is 14.7. The molecule has 0 aliphatic heterocycles. The summed E-state index contributed by atoms with van der Waals surface area (Å²) in [6.45, 7) is 1.95. The smallest absolute Gasteiger partial charge is 0.397 e. The number of nitrogens with zero attached hydrogens (tertiary/aromatic N) is 2. The van der Waals surface area contributed by atoms with E-state index in [1.165, 1.54) is 0 Å². The Bertz CT molecular complexity index is 736. The number of hydrogen-bond donors (Lipinski definition) is 0. The van der Waals surface area contributed by atoms with Crippen LogP contribution in [0.3, 0.4) is 0 Å². The average molecular weight is 373 g/mol. The Morgan fingerprint density at radius 3 is 2.56 bits per heavy atom. The molecular weight excluding hydrogens is 353 g/mol. The lowest BCUT2D eigenvalue weighted by atomic mass is 9.86. The second-order valence-electron chi connectivity index (χ2n) is 6.66. The molecule has 7 heteroatoms. The van der Waals surface area contributed by atoms with Gasteiger partial charge < -0.3 is 4.74 Å². The lowest BCUT2D eigenvalue weighted by Crippen LogP contribution is -2.40. The van der Waals surface area contributed by atoms with Gasteiger partial charge in [-0.1, -0.05) is 24.4 Å². The summed E-state index contributed by atoms with van der Waals surface area (Å²) in [6.07, 6.45) is -1.16. The largest absolute Gasteiger partial charge is 0.492 e. The van der Waals surface area contributed by atoms with E-state index in [1.54, 1.807) is 29.1 Å². The van der Waals surface area contributed by atoms with E-state index >= 15 is 0 Å². The minimum Gasteiger partial charge on any atom is -0.492 e. The summed E-state index contributed by atoms with van der Waals surface area (Å²) in [5.74, 6) is 0.426. The molecule has 0 bridgehead atoms. The van der Waals surface area contributed by atoms with Crippen LogP contribution in [0.15, 0.2) is 30.5 Å². The number of aromatic nitrogens is 2. The van der Waals surface area contributed by atoms with Crippen molar-refractivity contribution >= 4 is 11.6 Å². The van der Waals surface area contributed by atoms with Crippen molar-refractivity contribution in [3.05, 3.63) is 46.7 Å². The minimum absolute atomic E-state index is 0.123. The Kier molecular flexibility index (Phi) is 5.00. The summed E-state index contributed by atoms with van der Waals surface area (Å²) in [6, 6.07) is 6.84. The molecule has 0 radical (unpaired) electrons. The van der Waals surface area contributed by atoms with Crippen molar-refractivity contribution in [2.45, 2.75) is 45.3 Å². The molecule has 0 atom stereocenters. The van der Waals surface area contributed by atoms with Crippen LogP contribution in [0.5, 0.6) is 5.75 Å². The maximum absolute atomic E-state index is 13.5. The molecule has 3 nitrogen and oxygen atoms in total. The van der Waals surface area contributed by atoms with Crippen LogP contribution in [0.2, 0.25) is 5.02 Å². The predicted octanol–water partition coefficient (Wildman–Crippen LogP) is 5.39. The highest BCUT2D eigenvalue weighted by molar-refractivity contribution is 6.30. The molecule has 1 aliphatic carbocycles. The van der Waals surface area contributed by atoms with Crippen LogP contribution in [0.4, 0.5) is 13.2 Å². The van der Waals surface area contributed by atoms with Gasteiger partial charge in [-0.2, -0.15) is 18.3 Å². The summed E-state index contributed by atoms with van der Waals surface area (Å²) in [7, 11) is 0.